The van der Waals surface area contributed by atoms with Crippen molar-refractivity contribution in [3.05, 3.63) is 12.2 Å². The number of carbonyl (C=O) groups is 3. The zero-order chi connectivity index (χ0) is 20.9. The van der Waals surface area contributed by atoms with Crippen LogP contribution >= 0.6 is 0 Å². The predicted molar refractivity (Wildman–Crippen MR) is 86.8 cm³/mol. The number of carboxylic acids is 2. The van der Waals surface area contributed by atoms with Gasteiger partial charge in [-0.15, -0.1) is 0 Å². The molecular weight excluding hydrogens is 373 g/mol. The Hall–Kier alpha value is -2.14. The van der Waals surface area contributed by atoms with Gasteiger partial charge >= 0.3 is 18.1 Å². The van der Waals surface area contributed by atoms with Gasteiger partial charge in [0.25, 0.3) is 0 Å². The summed E-state index contributed by atoms with van der Waals surface area (Å²) in [6.07, 6.45) is -0.826. The number of halogens is 3. The average Bonchev–Trinajstić information content (AvgIpc) is 2.89. The summed E-state index contributed by atoms with van der Waals surface area (Å²) < 4.78 is 31.7. The lowest BCUT2D eigenvalue weighted by Crippen LogP contribution is -2.62. The maximum absolute atomic E-state index is 11.4. The van der Waals surface area contributed by atoms with Crippen LogP contribution in [0.25, 0.3) is 0 Å². The first kappa shape index (κ1) is 22.9. The number of aliphatic carboxylic acids is 2. The van der Waals surface area contributed by atoms with E-state index in [1.807, 2.05) is 24.0 Å². The molecule has 2 fully saturated rings. The molecule has 0 saturated carbocycles. The van der Waals surface area contributed by atoms with E-state index in [0.717, 1.165) is 0 Å². The van der Waals surface area contributed by atoms with Crippen molar-refractivity contribution in [2.24, 2.45) is 5.92 Å². The number of amides is 1. The monoisotopic (exact) mass is 396 g/mol. The van der Waals surface area contributed by atoms with Crippen molar-refractivity contribution in [2.75, 3.05) is 6.54 Å². The van der Waals surface area contributed by atoms with Crippen LogP contribution in [0.5, 0.6) is 0 Å². The van der Waals surface area contributed by atoms with E-state index in [1.54, 1.807) is 0 Å². The fourth-order valence-electron chi connectivity index (χ4n) is 3.55. The number of nitrogens with zero attached hydrogens (tertiary/aromatic N) is 1. The second kappa shape index (κ2) is 9.18. The molecule has 0 spiro atoms. The van der Waals surface area contributed by atoms with Crippen molar-refractivity contribution in [1.82, 2.24) is 10.2 Å². The number of aliphatic hydroxyl groups is 1. The Morgan fingerprint density at radius 2 is 1.78 bits per heavy atom. The smallest absolute Gasteiger partial charge is 0.480 e. The van der Waals surface area contributed by atoms with Crippen molar-refractivity contribution < 1.29 is 42.9 Å². The Morgan fingerprint density at radius 3 is 2.19 bits per heavy atom. The molecule has 0 radical (unpaired) electrons. The van der Waals surface area contributed by atoms with E-state index in [1.165, 1.54) is 6.92 Å². The van der Waals surface area contributed by atoms with Crippen LogP contribution in [0.15, 0.2) is 12.2 Å². The lowest BCUT2D eigenvalue weighted by Gasteiger charge is -2.42. The number of hydrogen-bond acceptors (Lipinski definition) is 5. The van der Waals surface area contributed by atoms with E-state index in [0.29, 0.717) is 19.4 Å². The Kier molecular flexibility index (Phi) is 7.78. The predicted octanol–water partition coefficient (Wildman–Crippen LogP) is 0.609. The molecule has 0 aromatic heterocycles. The Morgan fingerprint density at radius 1 is 1.22 bits per heavy atom. The van der Waals surface area contributed by atoms with Crippen LogP contribution in [0.4, 0.5) is 13.2 Å². The quantitative estimate of drug-likeness (QED) is 0.515. The maximum atomic E-state index is 11.4. The lowest BCUT2D eigenvalue weighted by molar-refractivity contribution is -0.192. The second-order valence-electron chi connectivity index (χ2n) is 6.39. The fourth-order valence-corrected chi connectivity index (χ4v) is 3.55. The highest BCUT2D eigenvalue weighted by atomic mass is 19.4. The van der Waals surface area contributed by atoms with Crippen molar-refractivity contribution >= 4 is 17.8 Å². The third-order valence-electron chi connectivity index (χ3n) is 4.52. The molecule has 5 atom stereocenters. The summed E-state index contributed by atoms with van der Waals surface area (Å²) in [6.45, 7) is 3.86. The van der Waals surface area contributed by atoms with Crippen LogP contribution in [0.2, 0.25) is 0 Å². The number of aliphatic hydroxyl groups excluding tert-OH is 1. The molecular formula is C16H23F3N2O6. The van der Waals surface area contributed by atoms with Gasteiger partial charge in [0.1, 0.15) is 6.04 Å². The summed E-state index contributed by atoms with van der Waals surface area (Å²) in [4.78, 5) is 33.6. The molecule has 2 saturated heterocycles. The van der Waals surface area contributed by atoms with Crippen LogP contribution in [0, 0.1) is 5.92 Å². The molecule has 11 heteroatoms. The number of carboxylic acid groups (broad SMARTS) is 2. The third kappa shape index (κ3) is 5.93. The zero-order valence-electron chi connectivity index (χ0n) is 14.8. The molecule has 4 N–H and O–H groups in total. The van der Waals surface area contributed by atoms with Crippen LogP contribution < -0.4 is 5.32 Å². The molecule has 0 unspecified atom stereocenters. The van der Waals surface area contributed by atoms with Gasteiger partial charge in [-0.2, -0.15) is 13.2 Å². The van der Waals surface area contributed by atoms with Gasteiger partial charge in [0.15, 0.2) is 0 Å². The Bertz CT molecular complexity index is 595. The molecule has 154 valence electrons. The first-order chi connectivity index (χ1) is 12.4. The van der Waals surface area contributed by atoms with E-state index < -0.39 is 36.3 Å². The molecule has 2 heterocycles. The normalized spacial score (nSPS) is 31.0. The van der Waals surface area contributed by atoms with Crippen LogP contribution in [-0.4, -0.2) is 75.0 Å². The van der Waals surface area contributed by atoms with Crippen molar-refractivity contribution in [2.45, 2.75) is 57.1 Å². The van der Waals surface area contributed by atoms with Gasteiger partial charge in [0.05, 0.1) is 12.1 Å². The summed E-state index contributed by atoms with van der Waals surface area (Å²) >= 11 is 0. The minimum Gasteiger partial charge on any atom is -0.480 e. The highest BCUT2D eigenvalue weighted by Crippen LogP contribution is 2.37. The van der Waals surface area contributed by atoms with Gasteiger partial charge in [-0.25, -0.2) is 4.79 Å². The van der Waals surface area contributed by atoms with Crippen molar-refractivity contribution in [3.8, 4) is 0 Å². The number of carbonyl (C=O) groups excluding carboxylic acids is 1. The van der Waals surface area contributed by atoms with Gasteiger partial charge in [-0.3, -0.25) is 14.5 Å². The Labute approximate surface area is 153 Å². The van der Waals surface area contributed by atoms with Crippen molar-refractivity contribution in [3.63, 3.8) is 0 Å². The van der Waals surface area contributed by atoms with Gasteiger partial charge < -0.3 is 20.6 Å². The van der Waals surface area contributed by atoms with Crippen molar-refractivity contribution in [1.29, 1.82) is 0 Å². The van der Waals surface area contributed by atoms with E-state index in [4.69, 9.17) is 9.90 Å². The molecule has 2 rings (SSSR count). The molecule has 2 aliphatic rings. The number of piperidine rings is 1. The lowest BCUT2D eigenvalue weighted by atomic mass is 9.86. The number of fused-ring (bicyclic) bond motifs is 1. The fraction of sp³-hybridized carbons (Fsp3) is 0.688. The topological polar surface area (TPSA) is 127 Å². The number of rotatable bonds is 3. The zero-order valence-corrected chi connectivity index (χ0v) is 14.8. The standard InChI is InChI=1S/C14H22N2O4.C2HF3O2/c1-3-4-9-7-10(14(19)20)16-6-5-11(18)12(13(9)16)15-8(2)17;3-2(4,5)1(6)7/h3-4,9-13,18H,5-7H2,1-2H3,(H,15,17)(H,19,20);(H,6,7)/b4-3-;/t9-,10-,11-,12+,13-;/m1./s1. The van der Waals surface area contributed by atoms with Gasteiger partial charge in [0, 0.05) is 19.5 Å². The molecule has 0 bridgehead atoms. The maximum Gasteiger partial charge on any atom is 0.490 e. The Balaban J connectivity index is 0.000000445. The largest absolute Gasteiger partial charge is 0.490 e. The molecule has 0 aromatic carbocycles. The third-order valence-corrected chi connectivity index (χ3v) is 4.52. The molecule has 0 aromatic rings. The van der Waals surface area contributed by atoms with Gasteiger partial charge in [0.2, 0.25) is 5.91 Å². The number of allylic oxidation sites excluding steroid dienone is 1. The minimum atomic E-state index is -5.08. The average molecular weight is 396 g/mol. The molecule has 8 nitrogen and oxygen atoms in total. The summed E-state index contributed by atoms with van der Waals surface area (Å²) in [6, 6.07) is -1.10. The van der Waals surface area contributed by atoms with E-state index in [2.05, 4.69) is 5.32 Å². The van der Waals surface area contributed by atoms with Gasteiger partial charge in [-0.1, -0.05) is 12.2 Å². The summed E-state index contributed by atoms with van der Waals surface area (Å²) in [5, 5.41) is 29.4. The molecule has 2 aliphatic heterocycles. The molecule has 1 amide bonds. The highest BCUT2D eigenvalue weighted by molar-refractivity contribution is 5.75. The summed E-state index contributed by atoms with van der Waals surface area (Å²) in [5.74, 6) is -3.76. The molecule has 0 aliphatic carbocycles. The van der Waals surface area contributed by atoms with Crippen LogP contribution in [-0.2, 0) is 14.4 Å². The SMILES string of the molecule is C/C=C\[C@@H]1C[C@H](C(=O)O)N2CC[C@@H](O)[C@H](NC(C)=O)[C@@H]12.O=C(O)C(F)(F)F. The second-order valence-corrected chi connectivity index (χ2v) is 6.39. The first-order valence-electron chi connectivity index (χ1n) is 8.26. The van der Waals surface area contributed by atoms with E-state index in [-0.39, 0.29) is 17.9 Å². The summed E-state index contributed by atoms with van der Waals surface area (Å²) in [5.41, 5.74) is 0. The van der Waals surface area contributed by atoms with E-state index in [9.17, 15) is 33.0 Å². The highest BCUT2D eigenvalue weighted by Gasteiger charge is 2.51. The number of nitrogens with one attached hydrogen (secondary N) is 1. The van der Waals surface area contributed by atoms with Crippen LogP contribution in [0.3, 0.4) is 0 Å². The molecule has 27 heavy (non-hydrogen) atoms. The minimum absolute atomic E-state index is 0.0351. The van der Waals surface area contributed by atoms with E-state index >= 15 is 0 Å². The first-order valence-corrected chi connectivity index (χ1v) is 8.26. The number of alkyl halides is 3. The number of hydrogen-bond donors (Lipinski definition) is 4. The van der Waals surface area contributed by atoms with Crippen LogP contribution in [0.1, 0.15) is 26.7 Å². The van der Waals surface area contributed by atoms with Gasteiger partial charge in [-0.05, 0) is 25.7 Å². The summed E-state index contributed by atoms with van der Waals surface area (Å²) in [7, 11) is 0.